The molecule has 0 saturated carbocycles. The zero-order valence-electron chi connectivity index (χ0n) is 18.1. The molecule has 158 valence electrons. The Morgan fingerprint density at radius 3 is 2.47 bits per heavy atom. The fourth-order valence-corrected chi connectivity index (χ4v) is 4.05. The molecule has 0 aliphatic carbocycles. The number of aromatic nitrogens is 1. The summed E-state index contributed by atoms with van der Waals surface area (Å²) in [4.78, 5) is 4.32. The van der Waals surface area contributed by atoms with Gasteiger partial charge in [-0.3, -0.25) is 4.98 Å². The summed E-state index contributed by atoms with van der Waals surface area (Å²) in [6, 6.07) is 21.8. The van der Waals surface area contributed by atoms with E-state index in [0.29, 0.717) is 18.3 Å². The summed E-state index contributed by atoms with van der Waals surface area (Å²) in [5.41, 5.74) is 7.56. The Labute approximate surface area is 185 Å². The molecule has 0 radical (unpaired) electrons. The molecular formula is C26H31ClN2O. The van der Waals surface area contributed by atoms with Crippen LogP contribution in [0.15, 0.2) is 66.9 Å². The van der Waals surface area contributed by atoms with Gasteiger partial charge in [-0.05, 0) is 73.2 Å². The first-order valence-corrected chi connectivity index (χ1v) is 11.0. The quantitative estimate of drug-likeness (QED) is 0.399. The summed E-state index contributed by atoms with van der Waals surface area (Å²) in [5, 5.41) is 3.41. The van der Waals surface area contributed by atoms with Crippen molar-refractivity contribution >= 4 is 17.3 Å². The van der Waals surface area contributed by atoms with Crippen molar-refractivity contribution in [1.82, 2.24) is 4.98 Å². The van der Waals surface area contributed by atoms with Crippen LogP contribution in [0, 0.1) is 13.8 Å². The minimum atomic E-state index is 0.00915. The lowest BCUT2D eigenvalue weighted by atomic mass is 9.84. The molecule has 30 heavy (non-hydrogen) atoms. The summed E-state index contributed by atoms with van der Waals surface area (Å²) in [6.45, 7) is 4.94. The van der Waals surface area contributed by atoms with Gasteiger partial charge in [0.1, 0.15) is 0 Å². The van der Waals surface area contributed by atoms with Crippen molar-refractivity contribution in [1.29, 1.82) is 0 Å². The standard InChI is InChI=1S/C26H31ClN2O/c1-19-6-4-5-7-25(19)26(13-8-21-14-15-28-20(2)16-21)22-9-11-23(12-10-22)29-18-24(17-27)30-3/h4-7,9-12,14-16,24,26,29H,8,13,17-18H2,1-3H3/t24?,26-/m1/s1. The number of nitrogens with one attached hydrogen (secondary N) is 1. The Bertz CT molecular complexity index is 922. The third-order valence-electron chi connectivity index (χ3n) is 5.60. The van der Waals surface area contributed by atoms with Crippen LogP contribution < -0.4 is 5.32 Å². The highest BCUT2D eigenvalue weighted by Crippen LogP contribution is 2.32. The summed E-state index contributed by atoms with van der Waals surface area (Å²) >= 11 is 5.91. The maximum Gasteiger partial charge on any atom is 0.0878 e. The molecule has 2 aromatic carbocycles. The van der Waals surface area contributed by atoms with Crippen molar-refractivity contribution in [2.75, 3.05) is 24.9 Å². The molecule has 0 amide bonds. The van der Waals surface area contributed by atoms with Gasteiger partial charge in [0.2, 0.25) is 0 Å². The van der Waals surface area contributed by atoms with E-state index in [1.54, 1.807) is 7.11 Å². The predicted molar refractivity (Wildman–Crippen MR) is 127 cm³/mol. The van der Waals surface area contributed by atoms with Crippen molar-refractivity contribution in [2.24, 2.45) is 0 Å². The first-order chi connectivity index (χ1) is 14.6. The minimum Gasteiger partial charge on any atom is -0.382 e. The van der Waals surface area contributed by atoms with E-state index in [4.69, 9.17) is 16.3 Å². The van der Waals surface area contributed by atoms with Crippen LogP contribution in [0.1, 0.15) is 40.3 Å². The molecule has 3 rings (SSSR count). The fraction of sp³-hybridized carbons (Fsp3) is 0.346. The van der Waals surface area contributed by atoms with E-state index >= 15 is 0 Å². The highest BCUT2D eigenvalue weighted by atomic mass is 35.5. The maximum atomic E-state index is 5.91. The van der Waals surface area contributed by atoms with Crippen molar-refractivity contribution in [2.45, 2.75) is 38.7 Å². The first-order valence-electron chi connectivity index (χ1n) is 10.5. The van der Waals surface area contributed by atoms with Crippen LogP contribution in [0.5, 0.6) is 0 Å². The number of pyridine rings is 1. The lowest BCUT2D eigenvalue weighted by molar-refractivity contribution is 0.131. The van der Waals surface area contributed by atoms with Crippen LogP contribution in [-0.2, 0) is 11.2 Å². The number of nitrogens with zero attached hydrogens (tertiary/aromatic N) is 1. The summed E-state index contributed by atoms with van der Waals surface area (Å²) < 4.78 is 5.34. The van der Waals surface area contributed by atoms with Crippen molar-refractivity contribution in [3.05, 3.63) is 94.8 Å². The zero-order chi connectivity index (χ0) is 21.3. The Kier molecular flexibility index (Phi) is 8.30. The molecule has 1 N–H and O–H groups in total. The van der Waals surface area contributed by atoms with Crippen LogP contribution in [0.4, 0.5) is 5.69 Å². The number of anilines is 1. The second-order valence-corrected chi connectivity index (χ2v) is 8.08. The monoisotopic (exact) mass is 422 g/mol. The van der Waals surface area contributed by atoms with Crippen molar-refractivity contribution < 1.29 is 4.74 Å². The lowest BCUT2D eigenvalue weighted by Gasteiger charge is -2.21. The number of aryl methyl sites for hydroxylation is 3. The number of halogens is 1. The molecule has 1 unspecified atom stereocenters. The van der Waals surface area contributed by atoms with Gasteiger partial charge in [-0.25, -0.2) is 0 Å². The van der Waals surface area contributed by atoms with Gasteiger partial charge in [0.25, 0.3) is 0 Å². The molecule has 0 bridgehead atoms. The predicted octanol–water partition coefficient (Wildman–Crippen LogP) is 6.13. The van der Waals surface area contributed by atoms with E-state index in [9.17, 15) is 0 Å². The third kappa shape index (κ3) is 6.07. The summed E-state index contributed by atoms with van der Waals surface area (Å²) in [6.07, 6.45) is 3.99. The molecule has 2 atom stereocenters. The second-order valence-electron chi connectivity index (χ2n) is 7.77. The normalized spacial score (nSPS) is 13.1. The fourth-order valence-electron chi connectivity index (χ4n) is 3.82. The molecule has 0 fully saturated rings. The highest BCUT2D eigenvalue weighted by Gasteiger charge is 2.16. The van der Waals surface area contributed by atoms with Crippen LogP contribution in [0.25, 0.3) is 0 Å². The number of methoxy groups -OCH3 is 1. The molecule has 0 saturated heterocycles. The van der Waals surface area contributed by atoms with E-state index < -0.39 is 0 Å². The topological polar surface area (TPSA) is 34.1 Å². The van der Waals surface area contributed by atoms with E-state index in [1.807, 2.05) is 13.1 Å². The first kappa shape index (κ1) is 22.3. The van der Waals surface area contributed by atoms with Gasteiger partial charge in [-0.1, -0.05) is 36.4 Å². The highest BCUT2D eigenvalue weighted by molar-refractivity contribution is 6.18. The lowest BCUT2D eigenvalue weighted by Crippen LogP contribution is -2.23. The van der Waals surface area contributed by atoms with Crippen LogP contribution in [-0.4, -0.2) is 30.6 Å². The van der Waals surface area contributed by atoms with E-state index in [1.165, 1.54) is 22.3 Å². The number of benzene rings is 2. The van der Waals surface area contributed by atoms with Crippen molar-refractivity contribution in [3.8, 4) is 0 Å². The Morgan fingerprint density at radius 1 is 1.03 bits per heavy atom. The molecule has 0 aliphatic rings. The largest absolute Gasteiger partial charge is 0.382 e. The average molecular weight is 423 g/mol. The number of hydrogen-bond donors (Lipinski definition) is 1. The van der Waals surface area contributed by atoms with Crippen LogP contribution in [0.2, 0.25) is 0 Å². The molecular weight excluding hydrogens is 392 g/mol. The molecule has 1 heterocycles. The summed E-state index contributed by atoms with van der Waals surface area (Å²) in [7, 11) is 1.69. The molecule has 1 aromatic heterocycles. The SMILES string of the molecule is COC(CCl)CNc1ccc([C@@H](CCc2ccnc(C)c2)c2ccccc2C)cc1. The minimum absolute atomic E-state index is 0.00915. The van der Waals surface area contributed by atoms with E-state index in [2.05, 4.69) is 77.9 Å². The summed E-state index contributed by atoms with van der Waals surface area (Å²) in [5.74, 6) is 0.828. The van der Waals surface area contributed by atoms with Gasteiger partial charge in [0, 0.05) is 37.2 Å². The van der Waals surface area contributed by atoms with Gasteiger partial charge < -0.3 is 10.1 Å². The molecule has 3 nitrogen and oxygen atoms in total. The van der Waals surface area contributed by atoms with Gasteiger partial charge in [0.05, 0.1) is 12.0 Å². The van der Waals surface area contributed by atoms with E-state index in [0.717, 1.165) is 24.2 Å². The molecule has 4 heteroatoms. The Balaban J connectivity index is 1.78. The average Bonchev–Trinajstić information content (AvgIpc) is 2.77. The zero-order valence-corrected chi connectivity index (χ0v) is 18.8. The molecule has 0 aliphatic heterocycles. The number of alkyl halides is 1. The maximum absolute atomic E-state index is 5.91. The Hall–Kier alpha value is -2.36. The van der Waals surface area contributed by atoms with Crippen LogP contribution >= 0.6 is 11.6 Å². The number of rotatable bonds is 10. The van der Waals surface area contributed by atoms with Gasteiger partial charge in [0.15, 0.2) is 0 Å². The smallest absolute Gasteiger partial charge is 0.0878 e. The molecule has 0 spiro atoms. The third-order valence-corrected chi connectivity index (χ3v) is 5.94. The van der Waals surface area contributed by atoms with Crippen molar-refractivity contribution in [3.63, 3.8) is 0 Å². The Morgan fingerprint density at radius 2 is 1.80 bits per heavy atom. The van der Waals surface area contributed by atoms with Gasteiger partial charge >= 0.3 is 0 Å². The second kappa shape index (κ2) is 11.1. The van der Waals surface area contributed by atoms with Gasteiger partial charge in [-0.2, -0.15) is 0 Å². The molecule has 3 aromatic rings. The number of ether oxygens (including phenoxy) is 1. The van der Waals surface area contributed by atoms with E-state index in [-0.39, 0.29) is 6.10 Å². The number of hydrogen-bond acceptors (Lipinski definition) is 3. The van der Waals surface area contributed by atoms with Gasteiger partial charge in [-0.15, -0.1) is 11.6 Å². The van der Waals surface area contributed by atoms with Crippen LogP contribution in [0.3, 0.4) is 0 Å².